The number of carbonyl (C=O) groups is 3. The van der Waals surface area contributed by atoms with Crippen LogP contribution in [0.2, 0.25) is 0 Å². The lowest BCUT2D eigenvalue weighted by Crippen LogP contribution is -2.27. The van der Waals surface area contributed by atoms with Crippen molar-refractivity contribution in [1.29, 1.82) is 0 Å². The maximum absolute atomic E-state index is 13.1. The van der Waals surface area contributed by atoms with Gasteiger partial charge in [0.2, 0.25) is 5.76 Å². The summed E-state index contributed by atoms with van der Waals surface area (Å²) in [5.74, 6) is 0.322. The zero-order valence-electron chi connectivity index (χ0n) is 21.4. The lowest BCUT2D eigenvalue weighted by atomic mass is 10.0. The number of benzene rings is 2. The molecular formula is C29H26BrNO7S. The Balaban J connectivity index is 1.58. The van der Waals surface area contributed by atoms with E-state index in [-0.39, 0.29) is 23.0 Å². The van der Waals surface area contributed by atoms with Crippen molar-refractivity contribution >= 4 is 50.9 Å². The number of esters is 1. The minimum absolute atomic E-state index is 0.00402. The van der Waals surface area contributed by atoms with Crippen LogP contribution in [-0.2, 0) is 29.1 Å². The number of hydrogen-bond donors (Lipinski definition) is 0. The number of allylic oxidation sites excluding steroid dienone is 1. The van der Waals surface area contributed by atoms with Crippen LogP contribution >= 0.6 is 27.7 Å². The van der Waals surface area contributed by atoms with E-state index < -0.39 is 17.1 Å². The van der Waals surface area contributed by atoms with Crippen molar-refractivity contribution in [1.82, 2.24) is 4.90 Å². The molecule has 3 aromatic rings. The average Bonchev–Trinajstić information content (AvgIpc) is 3.49. The van der Waals surface area contributed by atoms with E-state index in [2.05, 4.69) is 27.2 Å². The first-order valence-electron chi connectivity index (χ1n) is 12.0. The van der Waals surface area contributed by atoms with Gasteiger partial charge in [-0.1, -0.05) is 34.1 Å². The van der Waals surface area contributed by atoms with Crippen molar-refractivity contribution in [2.75, 3.05) is 13.7 Å². The molecule has 2 amide bonds. The molecule has 0 bridgehead atoms. The van der Waals surface area contributed by atoms with E-state index in [1.54, 1.807) is 18.2 Å². The number of ether oxygens (including phenoxy) is 3. The molecule has 1 saturated heterocycles. The summed E-state index contributed by atoms with van der Waals surface area (Å²) in [6, 6.07) is 14.5. The van der Waals surface area contributed by atoms with Gasteiger partial charge in [-0.15, -0.1) is 6.58 Å². The fraction of sp³-hybridized carbons (Fsp3) is 0.207. The predicted molar refractivity (Wildman–Crippen MR) is 152 cm³/mol. The van der Waals surface area contributed by atoms with Gasteiger partial charge in [-0.3, -0.25) is 14.5 Å². The maximum atomic E-state index is 13.1. The highest BCUT2D eigenvalue weighted by Gasteiger charge is 2.36. The molecule has 10 heteroatoms. The van der Waals surface area contributed by atoms with Crippen LogP contribution in [0.1, 0.15) is 39.9 Å². The number of carbonyl (C=O) groups excluding carboxylic acids is 3. The van der Waals surface area contributed by atoms with Crippen LogP contribution in [0.3, 0.4) is 0 Å². The lowest BCUT2D eigenvalue weighted by molar-refractivity contribution is -0.123. The number of rotatable bonds is 11. The Morgan fingerprint density at radius 1 is 1.13 bits per heavy atom. The minimum Gasteiger partial charge on any atom is -0.490 e. The third-order valence-electron chi connectivity index (χ3n) is 5.65. The SMILES string of the molecule is C=CCc1cc(/C=C2/SC(=O)N(Cc3ccc(C(=O)OC)o3)C2=O)cc(OCC)c1OCc1ccc(Br)cc1. The van der Waals surface area contributed by atoms with Gasteiger partial charge in [0, 0.05) is 10.0 Å². The number of imide groups is 1. The van der Waals surface area contributed by atoms with Crippen LogP contribution in [0.5, 0.6) is 11.5 Å². The molecule has 1 fully saturated rings. The van der Waals surface area contributed by atoms with E-state index in [1.165, 1.54) is 19.2 Å². The minimum atomic E-state index is -0.639. The number of amides is 2. The van der Waals surface area contributed by atoms with Crippen LogP contribution in [0.25, 0.3) is 6.08 Å². The van der Waals surface area contributed by atoms with Crippen LogP contribution < -0.4 is 9.47 Å². The van der Waals surface area contributed by atoms with Crippen LogP contribution in [0, 0.1) is 0 Å². The molecule has 2 heterocycles. The van der Waals surface area contributed by atoms with E-state index in [1.807, 2.05) is 37.3 Å². The van der Waals surface area contributed by atoms with Crippen LogP contribution in [0.15, 0.2) is 75.0 Å². The van der Waals surface area contributed by atoms with Crippen molar-refractivity contribution in [2.45, 2.75) is 26.5 Å². The first-order chi connectivity index (χ1) is 18.8. The smallest absolute Gasteiger partial charge is 0.373 e. The topological polar surface area (TPSA) is 95.3 Å². The molecule has 2 aromatic carbocycles. The molecule has 0 unspecified atom stereocenters. The fourth-order valence-electron chi connectivity index (χ4n) is 3.85. The Labute approximate surface area is 238 Å². The van der Waals surface area contributed by atoms with E-state index in [0.29, 0.717) is 36.7 Å². The van der Waals surface area contributed by atoms with Crippen molar-refractivity contribution in [3.63, 3.8) is 0 Å². The Kier molecular flexibility index (Phi) is 9.32. The van der Waals surface area contributed by atoms with Crippen molar-refractivity contribution in [2.24, 2.45) is 0 Å². The Morgan fingerprint density at radius 3 is 2.59 bits per heavy atom. The van der Waals surface area contributed by atoms with E-state index >= 15 is 0 Å². The van der Waals surface area contributed by atoms with Crippen LogP contribution in [0.4, 0.5) is 4.79 Å². The van der Waals surface area contributed by atoms with Gasteiger partial charge in [0.25, 0.3) is 11.1 Å². The van der Waals surface area contributed by atoms with E-state index in [9.17, 15) is 14.4 Å². The maximum Gasteiger partial charge on any atom is 0.373 e. The van der Waals surface area contributed by atoms with E-state index in [4.69, 9.17) is 13.9 Å². The van der Waals surface area contributed by atoms with Crippen molar-refractivity contribution in [3.05, 3.63) is 98.8 Å². The molecule has 1 aromatic heterocycles. The van der Waals surface area contributed by atoms with Crippen LogP contribution in [-0.4, -0.2) is 35.7 Å². The van der Waals surface area contributed by atoms with Crippen molar-refractivity contribution < 1.29 is 33.0 Å². The molecule has 0 radical (unpaired) electrons. The van der Waals surface area contributed by atoms with Gasteiger partial charge in [-0.05, 0) is 78.7 Å². The van der Waals surface area contributed by atoms with E-state index in [0.717, 1.165) is 32.3 Å². The molecule has 202 valence electrons. The summed E-state index contributed by atoms with van der Waals surface area (Å²) in [4.78, 5) is 38.7. The molecule has 0 N–H and O–H groups in total. The third-order valence-corrected chi connectivity index (χ3v) is 7.08. The number of thioether (sulfide) groups is 1. The summed E-state index contributed by atoms with van der Waals surface area (Å²) in [7, 11) is 1.24. The molecule has 39 heavy (non-hydrogen) atoms. The lowest BCUT2D eigenvalue weighted by Gasteiger charge is -2.17. The second kappa shape index (κ2) is 12.9. The van der Waals surface area contributed by atoms with Gasteiger partial charge < -0.3 is 18.6 Å². The van der Waals surface area contributed by atoms with Crippen molar-refractivity contribution in [3.8, 4) is 11.5 Å². The largest absolute Gasteiger partial charge is 0.490 e. The summed E-state index contributed by atoms with van der Waals surface area (Å²) in [5.41, 5.74) is 2.52. The molecule has 0 spiro atoms. The molecule has 0 aliphatic carbocycles. The Bertz CT molecular complexity index is 1430. The van der Waals surface area contributed by atoms with Gasteiger partial charge in [-0.2, -0.15) is 0 Å². The fourth-order valence-corrected chi connectivity index (χ4v) is 4.96. The van der Waals surface area contributed by atoms with Gasteiger partial charge >= 0.3 is 5.97 Å². The third kappa shape index (κ3) is 6.82. The predicted octanol–water partition coefficient (Wildman–Crippen LogP) is 6.77. The number of nitrogens with zero attached hydrogens (tertiary/aromatic N) is 1. The number of hydrogen-bond acceptors (Lipinski definition) is 8. The summed E-state index contributed by atoms with van der Waals surface area (Å²) in [6.07, 6.45) is 3.93. The second-order valence-corrected chi connectivity index (χ2v) is 10.3. The normalized spacial score (nSPS) is 14.1. The summed E-state index contributed by atoms with van der Waals surface area (Å²) < 4.78 is 23.1. The highest BCUT2D eigenvalue weighted by atomic mass is 79.9. The number of furan rings is 1. The monoisotopic (exact) mass is 611 g/mol. The summed E-state index contributed by atoms with van der Waals surface area (Å²) >= 11 is 4.27. The zero-order valence-corrected chi connectivity index (χ0v) is 23.8. The quantitative estimate of drug-likeness (QED) is 0.133. The Hall–Kier alpha value is -3.76. The van der Waals surface area contributed by atoms with Gasteiger partial charge in [0.15, 0.2) is 11.5 Å². The average molecular weight is 612 g/mol. The second-order valence-electron chi connectivity index (χ2n) is 8.37. The summed E-state index contributed by atoms with van der Waals surface area (Å²) in [6.45, 7) is 6.40. The number of halogens is 1. The molecule has 1 aliphatic heterocycles. The highest BCUT2D eigenvalue weighted by Crippen LogP contribution is 2.38. The molecule has 4 rings (SSSR count). The molecule has 8 nitrogen and oxygen atoms in total. The number of methoxy groups -OCH3 is 1. The standard InChI is InChI=1S/C29H26BrNO7S/c1-4-6-20-13-19(14-24(36-5-2)26(20)37-17-18-7-9-21(30)10-8-18)15-25-27(32)31(29(34)39-25)16-22-11-12-23(38-22)28(33)35-3/h4,7-15H,1,5-6,16-17H2,2-3H3/b25-15+. The highest BCUT2D eigenvalue weighted by molar-refractivity contribution is 9.10. The first-order valence-corrected chi connectivity index (χ1v) is 13.6. The van der Waals surface area contributed by atoms with Gasteiger partial charge in [0.05, 0.1) is 25.2 Å². The first kappa shape index (κ1) is 28.3. The Morgan fingerprint density at radius 2 is 1.90 bits per heavy atom. The molecule has 0 atom stereocenters. The molecule has 1 aliphatic rings. The van der Waals surface area contributed by atoms with Gasteiger partial charge in [-0.25, -0.2) is 4.79 Å². The zero-order chi connectivity index (χ0) is 27.9. The molecule has 0 saturated carbocycles. The van der Waals surface area contributed by atoms with Gasteiger partial charge in [0.1, 0.15) is 12.4 Å². The molecular weight excluding hydrogens is 586 g/mol. The summed E-state index contributed by atoms with van der Waals surface area (Å²) in [5, 5.41) is -0.437.